The van der Waals surface area contributed by atoms with E-state index in [2.05, 4.69) is 89.5 Å². The first-order chi connectivity index (χ1) is 25.3. The molecule has 51 heavy (non-hydrogen) atoms. The second-order valence-corrected chi connectivity index (χ2v) is 12.8. The minimum Gasteiger partial charge on any atom is -0.456 e. The maximum Gasteiger partial charge on any atom is 0.164 e. The predicted octanol–water partition coefficient (Wildman–Crippen LogP) is 11.8. The van der Waals surface area contributed by atoms with Crippen LogP contribution in [0.15, 0.2) is 167 Å². The average molecular weight is 655 g/mol. The maximum absolute atomic E-state index is 6.57. The SMILES string of the molecule is c1ccc(-c2nc(-c3ccccc3)nc(-c3cccc4oc5cc6c(cc5c34)oc3ccc(-n4c5ccccc5c5ccccc54)cc36)n2)cc1. The Morgan fingerprint density at radius 2 is 0.922 bits per heavy atom. The molecule has 0 N–H and O–H groups in total. The molecule has 0 aliphatic carbocycles. The quantitative estimate of drug-likeness (QED) is 0.189. The van der Waals surface area contributed by atoms with Crippen LogP contribution in [0.5, 0.6) is 0 Å². The summed E-state index contributed by atoms with van der Waals surface area (Å²) in [6, 6.07) is 53.8. The van der Waals surface area contributed by atoms with Gasteiger partial charge >= 0.3 is 0 Å². The molecule has 0 aliphatic heterocycles. The molecule has 0 fully saturated rings. The molecule has 11 aromatic rings. The summed E-state index contributed by atoms with van der Waals surface area (Å²) in [6.45, 7) is 0. The Bertz CT molecular complexity index is 3030. The van der Waals surface area contributed by atoms with E-state index in [1.165, 1.54) is 21.8 Å². The fourth-order valence-corrected chi connectivity index (χ4v) is 7.54. The Morgan fingerprint density at radius 1 is 0.373 bits per heavy atom. The van der Waals surface area contributed by atoms with Crippen molar-refractivity contribution in [1.29, 1.82) is 0 Å². The van der Waals surface area contributed by atoms with E-state index in [1.807, 2.05) is 72.8 Å². The van der Waals surface area contributed by atoms with E-state index in [9.17, 15) is 0 Å². The standard InChI is InChI=1S/C45H26N4O2/c1-3-12-27(13-4-1)43-46-44(28-14-5-2-6-15-28)48-45(47-43)32-18-11-21-39-42(32)35-26-40-34(25-41(35)51-39)33-24-29(22-23-38(33)50-40)49-36-19-9-7-16-30(36)31-17-8-10-20-37(31)49/h1-26H. The van der Waals surface area contributed by atoms with E-state index in [1.54, 1.807) is 0 Å². The van der Waals surface area contributed by atoms with Gasteiger partial charge in [-0.2, -0.15) is 0 Å². The summed E-state index contributed by atoms with van der Waals surface area (Å²) in [6.07, 6.45) is 0. The Morgan fingerprint density at radius 3 is 1.61 bits per heavy atom. The summed E-state index contributed by atoms with van der Waals surface area (Å²) in [5.74, 6) is 1.81. The highest BCUT2D eigenvalue weighted by atomic mass is 16.3. The summed E-state index contributed by atoms with van der Waals surface area (Å²) in [4.78, 5) is 14.9. The van der Waals surface area contributed by atoms with Crippen molar-refractivity contribution < 1.29 is 8.83 Å². The highest BCUT2D eigenvalue weighted by Crippen LogP contribution is 2.41. The normalized spacial score (nSPS) is 11.9. The molecule has 6 nitrogen and oxygen atoms in total. The molecular formula is C45H26N4O2. The van der Waals surface area contributed by atoms with Crippen LogP contribution < -0.4 is 0 Å². The number of nitrogens with zero attached hydrogens (tertiary/aromatic N) is 4. The van der Waals surface area contributed by atoms with Gasteiger partial charge in [0, 0.05) is 54.7 Å². The Balaban J connectivity index is 1.12. The maximum atomic E-state index is 6.57. The van der Waals surface area contributed by atoms with Crippen LogP contribution in [0.2, 0.25) is 0 Å². The lowest BCUT2D eigenvalue weighted by molar-refractivity contribution is 0.664. The average Bonchev–Trinajstić information content (AvgIpc) is 3.86. The van der Waals surface area contributed by atoms with Crippen LogP contribution >= 0.6 is 0 Å². The Labute approximate surface area is 290 Å². The zero-order valence-corrected chi connectivity index (χ0v) is 27.1. The molecule has 0 bridgehead atoms. The fraction of sp³-hybridized carbons (Fsp3) is 0. The van der Waals surface area contributed by atoms with Crippen LogP contribution in [0, 0.1) is 0 Å². The second kappa shape index (κ2) is 10.7. The van der Waals surface area contributed by atoms with Crippen LogP contribution in [-0.4, -0.2) is 19.5 Å². The molecule has 7 aromatic carbocycles. The van der Waals surface area contributed by atoms with Crippen molar-refractivity contribution in [2.24, 2.45) is 0 Å². The Kier molecular flexibility index (Phi) is 5.86. The lowest BCUT2D eigenvalue weighted by Gasteiger charge is -2.09. The molecule has 11 rings (SSSR count). The zero-order valence-electron chi connectivity index (χ0n) is 27.1. The molecule has 0 unspecified atom stereocenters. The third-order valence-corrected chi connectivity index (χ3v) is 9.85. The van der Waals surface area contributed by atoms with Gasteiger partial charge in [0.2, 0.25) is 0 Å². The summed E-state index contributed by atoms with van der Waals surface area (Å²) in [5, 5.41) is 6.37. The minimum absolute atomic E-state index is 0.580. The number of hydrogen-bond acceptors (Lipinski definition) is 5. The van der Waals surface area contributed by atoms with E-state index >= 15 is 0 Å². The fourth-order valence-electron chi connectivity index (χ4n) is 7.54. The summed E-state index contributed by atoms with van der Waals surface area (Å²) in [5.41, 5.74) is 9.27. The van der Waals surface area contributed by atoms with Gasteiger partial charge in [0.25, 0.3) is 0 Å². The van der Waals surface area contributed by atoms with Crippen molar-refractivity contribution in [1.82, 2.24) is 19.5 Å². The van der Waals surface area contributed by atoms with Crippen LogP contribution in [0.25, 0.3) is 106 Å². The zero-order chi connectivity index (χ0) is 33.5. The summed E-state index contributed by atoms with van der Waals surface area (Å²) < 4.78 is 15.4. The molecule has 0 radical (unpaired) electrons. The summed E-state index contributed by atoms with van der Waals surface area (Å²) >= 11 is 0. The van der Waals surface area contributed by atoms with Crippen LogP contribution in [0.1, 0.15) is 0 Å². The van der Waals surface area contributed by atoms with Gasteiger partial charge in [-0.05, 0) is 48.5 Å². The number of rotatable bonds is 4. The van der Waals surface area contributed by atoms with Gasteiger partial charge in [-0.15, -0.1) is 0 Å². The molecule has 0 saturated carbocycles. The molecule has 0 saturated heterocycles. The van der Waals surface area contributed by atoms with Crippen LogP contribution in [0.3, 0.4) is 0 Å². The molecule has 6 heteroatoms. The molecule has 238 valence electrons. The van der Waals surface area contributed by atoms with Gasteiger partial charge in [-0.25, -0.2) is 15.0 Å². The smallest absolute Gasteiger partial charge is 0.164 e. The third kappa shape index (κ3) is 4.26. The molecule has 4 heterocycles. The molecule has 0 amide bonds. The first-order valence-electron chi connectivity index (χ1n) is 16.9. The molecule has 4 aromatic heterocycles. The van der Waals surface area contributed by atoms with Gasteiger partial charge in [-0.3, -0.25) is 0 Å². The van der Waals surface area contributed by atoms with Crippen LogP contribution in [0.4, 0.5) is 0 Å². The van der Waals surface area contributed by atoms with E-state index < -0.39 is 0 Å². The predicted molar refractivity (Wildman–Crippen MR) is 205 cm³/mol. The lowest BCUT2D eigenvalue weighted by Crippen LogP contribution is -2.00. The monoisotopic (exact) mass is 654 g/mol. The number of aromatic nitrogens is 4. The highest BCUT2D eigenvalue weighted by molar-refractivity contribution is 6.18. The number of para-hydroxylation sites is 2. The highest BCUT2D eigenvalue weighted by Gasteiger charge is 2.20. The van der Waals surface area contributed by atoms with Crippen molar-refractivity contribution >= 4 is 65.7 Å². The minimum atomic E-state index is 0.580. The van der Waals surface area contributed by atoms with Crippen molar-refractivity contribution in [2.45, 2.75) is 0 Å². The first-order valence-corrected chi connectivity index (χ1v) is 16.9. The van der Waals surface area contributed by atoms with Crippen molar-refractivity contribution in [2.75, 3.05) is 0 Å². The van der Waals surface area contributed by atoms with Gasteiger partial charge in [0.15, 0.2) is 17.5 Å². The largest absolute Gasteiger partial charge is 0.456 e. The molecule has 0 spiro atoms. The molecule has 0 aliphatic rings. The topological polar surface area (TPSA) is 69.9 Å². The number of benzene rings is 7. The number of fused-ring (bicyclic) bond motifs is 9. The van der Waals surface area contributed by atoms with Gasteiger partial charge in [-0.1, -0.05) is 109 Å². The second-order valence-electron chi connectivity index (χ2n) is 12.8. The molecular weight excluding hydrogens is 629 g/mol. The van der Waals surface area contributed by atoms with Gasteiger partial charge < -0.3 is 13.4 Å². The molecule has 0 atom stereocenters. The summed E-state index contributed by atoms with van der Waals surface area (Å²) in [7, 11) is 0. The van der Waals surface area contributed by atoms with E-state index in [0.717, 1.165) is 66.3 Å². The van der Waals surface area contributed by atoms with Crippen molar-refractivity contribution in [3.8, 4) is 39.9 Å². The number of hydrogen-bond donors (Lipinski definition) is 0. The van der Waals surface area contributed by atoms with Gasteiger partial charge in [0.05, 0.1) is 11.0 Å². The van der Waals surface area contributed by atoms with Crippen LogP contribution in [-0.2, 0) is 0 Å². The van der Waals surface area contributed by atoms with Crippen molar-refractivity contribution in [3.05, 3.63) is 158 Å². The van der Waals surface area contributed by atoms with Gasteiger partial charge in [0.1, 0.15) is 22.3 Å². The van der Waals surface area contributed by atoms with E-state index in [4.69, 9.17) is 23.8 Å². The van der Waals surface area contributed by atoms with E-state index in [-0.39, 0.29) is 0 Å². The number of furan rings is 2. The van der Waals surface area contributed by atoms with Crippen molar-refractivity contribution in [3.63, 3.8) is 0 Å². The van der Waals surface area contributed by atoms with E-state index in [0.29, 0.717) is 17.5 Å². The first kappa shape index (κ1) is 27.9. The third-order valence-electron chi connectivity index (χ3n) is 9.85. The Hall–Kier alpha value is -7.05. The lowest BCUT2D eigenvalue weighted by atomic mass is 10.0.